The maximum Gasteiger partial charge on any atom is 0.326 e. The first-order valence-corrected chi connectivity index (χ1v) is 6.13. The maximum absolute atomic E-state index is 11.9. The normalized spacial score (nSPS) is 11.9. The molecule has 98 valence electrons. The number of nitrogens with one attached hydrogen (secondary N) is 1. The number of aliphatic carboxylic acids is 1. The number of amides is 1. The Morgan fingerprint density at radius 2 is 2.11 bits per heavy atom. The number of hydrogen-bond donors (Lipinski definition) is 2. The van der Waals surface area contributed by atoms with Crippen LogP contribution in [0.15, 0.2) is 18.2 Å². The Labute approximate surface area is 111 Å². The summed E-state index contributed by atoms with van der Waals surface area (Å²) in [7, 11) is 0. The first kappa shape index (κ1) is 14.5. The van der Waals surface area contributed by atoms with E-state index in [1.165, 1.54) is 6.07 Å². The molecule has 0 heterocycles. The highest BCUT2D eigenvalue weighted by molar-refractivity contribution is 6.31. The van der Waals surface area contributed by atoms with E-state index in [1.807, 2.05) is 13.8 Å². The van der Waals surface area contributed by atoms with Crippen LogP contribution in [0, 0.1) is 6.92 Å². The molecule has 0 radical (unpaired) electrons. The fraction of sp³-hybridized carbons (Fsp3) is 0.385. The summed E-state index contributed by atoms with van der Waals surface area (Å²) in [6.07, 6.45) is 1.09. The lowest BCUT2D eigenvalue weighted by molar-refractivity contribution is -0.139. The van der Waals surface area contributed by atoms with E-state index in [0.717, 1.165) is 5.56 Å². The van der Waals surface area contributed by atoms with Gasteiger partial charge in [0.05, 0.1) is 0 Å². The van der Waals surface area contributed by atoms with Gasteiger partial charge in [0.25, 0.3) is 5.91 Å². The van der Waals surface area contributed by atoms with Crippen LogP contribution in [0.5, 0.6) is 0 Å². The summed E-state index contributed by atoms with van der Waals surface area (Å²) >= 11 is 5.92. The fourth-order valence-electron chi connectivity index (χ4n) is 1.52. The van der Waals surface area contributed by atoms with Crippen LogP contribution in [-0.4, -0.2) is 23.0 Å². The third kappa shape index (κ3) is 3.74. The molecule has 5 heteroatoms. The van der Waals surface area contributed by atoms with Crippen molar-refractivity contribution in [3.05, 3.63) is 34.3 Å². The number of benzene rings is 1. The summed E-state index contributed by atoms with van der Waals surface area (Å²) < 4.78 is 0. The van der Waals surface area contributed by atoms with Crippen molar-refractivity contribution >= 4 is 23.5 Å². The molecule has 1 rings (SSSR count). The van der Waals surface area contributed by atoms with Gasteiger partial charge in [-0.05, 0) is 31.0 Å². The number of aryl methyl sites for hydroxylation is 1. The van der Waals surface area contributed by atoms with Crippen molar-refractivity contribution in [3.8, 4) is 0 Å². The predicted octanol–water partition coefficient (Wildman–Crippen LogP) is 2.63. The number of carbonyl (C=O) groups excluding carboxylic acids is 1. The minimum absolute atomic E-state index is 0.368. The summed E-state index contributed by atoms with van der Waals surface area (Å²) in [5, 5.41) is 11.9. The van der Waals surface area contributed by atoms with Crippen molar-refractivity contribution in [2.45, 2.75) is 32.7 Å². The van der Waals surface area contributed by atoms with E-state index in [4.69, 9.17) is 16.7 Å². The highest BCUT2D eigenvalue weighted by Crippen LogP contribution is 2.16. The molecular formula is C13H16ClNO3. The number of halogens is 1. The van der Waals surface area contributed by atoms with Crippen molar-refractivity contribution in [3.63, 3.8) is 0 Å². The first-order valence-electron chi connectivity index (χ1n) is 5.75. The van der Waals surface area contributed by atoms with Crippen LogP contribution in [0.25, 0.3) is 0 Å². The zero-order valence-electron chi connectivity index (χ0n) is 10.4. The molecule has 18 heavy (non-hydrogen) atoms. The fourth-order valence-corrected chi connectivity index (χ4v) is 1.70. The Balaban J connectivity index is 2.80. The second-order valence-corrected chi connectivity index (χ2v) is 4.52. The lowest BCUT2D eigenvalue weighted by Gasteiger charge is -2.13. The molecule has 0 bridgehead atoms. The summed E-state index contributed by atoms with van der Waals surface area (Å²) in [5.74, 6) is -1.44. The predicted molar refractivity (Wildman–Crippen MR) is 70.0 cm³/mol. The van der Waals surface area contributed by atoms with E-state index >= 15 is 0 Å². The average Bonchev–Trinajstić information content (AvgIpc) is 2.31. The molecule has 2 N–H and O–H groups in total. The maximum atomic E-state index is 11.9. The SMILES string of the molecule is CCC[C@H](NC(=O)c1ccc(C)c(Cl)c1)C(=O)O. The van der Waals surface area contributed by atoms with Crippen LogP contribution < -0.4 is 5.32 Å². The van der Waals surface area contributed by atoms with Crippen molar-refractivity contribution in [1.29, 1.82) is 0 Å². The van der Waals surface area contributed by atoms with E-state index in [2.05, 4.69) is 5.32 Å². The Morgan fingerprint density at radius 1 is 1.44 bits per heavy atom. The topological polar surface area (TPSA) is 66.4 Å². The van der Waals surface area contributed by atoms with E-state index in [0.29, 0.717) is 23.4 Å². The van der Waals surface area contributed by atoms with Gasteiger partial charge in [-0.15, -0.1) is 0 Å². The monoisotopic (exact) mass is 269 g/mol. The highest BCUT2D eigenvalue weighted by atomic mass is 35.5. The molecule has 0 aromatic heterocycles. The van der Waals surface area contributed by atoms with Gasteiger partial charge in [0.15, 0.2) is 0 Å². The Hall–Kier alpha value is -1.55. The van der Waals surface area contributed by atoms with E-state index in [-0.39, 0.29) is 0 Å². The molecule has 0 aliphatic carbocycles. The Bertz CT molecular complexity index is 460. The summed E-state index contributed by atoms with van der Waals surface area (Å²) in [5.41, 5.74) is 1.24. The standard InChI is InChI=1S/C13H16ClNO3/c1-3-4-11(13(17)18)15-12(16)9-6-5-8(2)10(14)7-9/h5-7,11H,3-4H2,1-2H3,(H,15,16)(H,17,18)/t11-/m0/s1. The lowest BCUT2D eigenvalue weighted by atomic mass is 10.1. The van der Waals surface area contributed by atoms with Crippen molar-refractivity contribution in [2.24, 2.45) is 0 Å². The van der Waals surface area contributed by atoms with Crippen molar-refractivity contribution in [1.82, 2.24) is 5.32 Å². The van der Waals surface area contributed by atoms with Crippen LogP contribution >= 0.6 is 11.6 Å². The minimum Gasteiger partial charge on any atom is -0.480 e. The molecular weight excluding hydrogens is 254 g/mol. The smallest absolute Gasteiger partial charge is 0.326 e. The molecule has 0 spiro atoms. The molecule has 0 fully saturated rings. The number of carbonyl (C=O) groups is 2. The number of carboxylic acids is 1. The molecule has 0 aliphatic heterocycles. The Morgan fingerprint density at radius 3 is 2.61 bits per heavy atom. The molecule has 0 saturated heterocycles. The van der Waals surface area contributed by atoms with Crippen molar-refractivity contribution in [2.75, 3.05) is 0 Å². The molecule has 1 aromatic carbocycles. The first-order chi connectivity index (χ1) is 8.45. The second-order valence-electron chi connectivity index (χ2n) is 4.12. The number of carboxylic acid groups (broad SMARTS) is 1. The molecule has 1 atom stereocenters. The van der Waals surface area contributed by atoms with Crippen molar-refractivity contribution < 1.29 is 14.7 Å². The van der Waals surface area contributed by atoms with Gasteiger partial charge in [-0.3, -0.25) is 4.79 Å². The summed E-state index contributed by atoms with van der Waals surface area (Å²) in [6, 6.07) is 4.04. The molecule has 0 unspecified atom stereocenters. The van der Waals surface area contributed by atoms with Gasteiger partial charge in [-0.25, -0.2) is 4.79 Å². The van der Waals surface area contributed by atoms with Gasteiger partial charge in [-0.1, -0.05) is 31.0 Å². The van der Waals surface area contributed by atoms with E-state index in [1.54, 1.807) is 12.1 Å². The number of rotatable bonds is 5. The largest absolute Gasteiger partial charge is 0.480 e. The van der Waals surface area contributed by atoms with Gasteiger partial charge in [0, 0.05) is 10.6 Å². The van der Waals surface area contributed by atoms with Gasteiger partial charge in [-0.2, -0.15) is 0 Å². The quantitative estimate of drug-likeness (QED) is 0.863. The van der Waals surface area contributed by atoms with Crippen LogP contribution in [0.4, 0.5) is 0 Å². The molecule has 4 nitrogen and oxygen atoms in total. The van der Waals surface area contributed by atoms with E-state index < -0.39 is 17.9 Å². The van der Waals surface area contributed by atoms with Gasteiger partial charge >= 0.3 is 5.97 Å². The van der Waals surface area contributed by atoms with Crippen LogP contribution in [0.2, 0.25) is 5.02 Å². The molecule has 0 saturated carbocycles. The molecule has 0 aliphatic rings. The third-order valence-corrected chi connectivity index (χ3v) is 3.02. The highest BCUT2D eigenvalue weighted by Gasteiger charge is 2.19. The van der Waals surface area contributed by atoms with Crippen LogP contribution in [-0.2, 0) is 4.79 Å². The van der Waals surface area contributed by atoms with Gasteiger partial charge in [0.2, 0.25) is 0 Å². The van der Waals surface area contributed by atoms with Gasteiger partial charge < -0.3 is 10.4 Å². The Kier molecular flexibility index (Phi) is 5.16. The number of hydrogen-bond acceptors (Lipinski definition) is 2. The summed E-state index contributed by atoms with van der Waals surface area (Å²) in [4.78, 5) is 22.8. The third-order valence-electron chi connectivity index (χ3n) is 2.61. The van der Waals surface area contributed by atoms with Gasteiger partial charge in [0.1, 0.15) is 6.04 Å². The van der Waals surface area contributed by atoms with Crippen LogP contribution in [0.1, 0.15) is 35.7 Å². The minimum atomic E-state index is -1.02. The lowest BCUT2D eigenvalue weighted by Crippen LogP contribution is -2.40. The average molecular weight is 270 g/mol. The molecule has 1 aromatic rings. The zero-order chi connectivity index (χ0) is 13.7. The summed E-state index contributed by atoms with van der Waals surface area (Å²) in [6.45, 7) is 3.70. The zero-order valence-corrected chi connectivity index (χ0v) is 11.1. The molecule has 1 amide bonds. The van der Waals surface area contributed by atoms with E-state index in [9.17, 15) is 9.59 Å². The van der Waals surface area contributed by atoms with Crippen LogP contribution in [0.3, 0.4) is 0 Å². The second kappa shape index (κ2) is 6.40.